The van der Waals surface area contributed by atoms with Gasteiger partial charge in [0.05, 0.1) is 36.7 Å². The fourth-order valence-electron chi connectivity index (χ4n) is 12.4. The first-order valence-corrected chi connectivity index (χ1v) is 32.5. The lowest BCUT2D eigenvalue weighted by atomic mass is 9.95. The van der Waals surface area contributed by atoms with Crippen LogP contribution in [0.2, 0.25) is 0 Å². The Hall–Kier alpha value is -8.32. The van der Waals surface area contributed by atoms with E-state index in [1.165, 1.54) is 31.4 Å². The summed E-state index contributed by atoms with van der Waals surface area (Å²) < 4.78 is 23.9. The van der Waals surface area contributed by atoms with E-state index in [1.54, 1.807) is 58.9 Å². The minimum Gasteiger partial charge on any atom is -0.493 e. The molecule has 5 aliphatic heterocycles. The Kier molecular flexibility index (Phi) is 23.5. The molecule has 6 N–H and O–H groups in total. The molecule has 2 saturated heterocycles. The average molecular weight is 1290 g/mol. The van der Waals surface area contributed by atoms with E-state index >= 15 is 0 Å². The van der Waals surface area contributed by atoms with Crippen LogP contribution in [0.4, 0.5) is 26.7 Å². The summed E-state index contributed by atoms with van der Waals surface area (Å²) in [5, 5.41) is 22.1. The molecule has 5 atom stereocenters. The monoisotopic (exact) mass is 1290 g/mol. The van der Waals surface area contributed by atoms with Crippen LogP contribution in [0.15, 0.2) is 78.9 Å². The molecule has 9 rings (SSSR count). The number of nitrogens with zero attached hydrogens (tertiary/aromatic N) is 6. The van der Waals surface area contributed by atoms with E-state index in [9.17, 15) is 48.3 Å². The van der Waals surface area contributed by atoms with Gasteiger partial charge in [0, 0.05) is 106 Å². The summed E-state index contributed by atoms with van der Waals surface area (Å²) in [6.45, 7) is 7.49. The molecular formula is C67H85ClN10O14. The lowest BCUT2D eigenvalue weighted by Gasteiger charge is -2.31. The average Bonchev–Trinajstić information content (AvgIpc) is 1.57. The first kappa shape index (κ1) is 68.1. The smallest absolute Gasteiger partial charge is 0.416 e. The standard InChI is InChI=1S/C67H85ClN10O14/c1-42(2)61(72-56(79)20-7-5-13-29-76-58(81)26-27-59(76)82)63(84)71-49(18-11-12-28-69)62(83)70-45-24-22-43(23-25-45)41-91-67(88)78-51-37-55(54(89-4)36-48(51)64(85)75-30-15-19-50(75)65(78)86)90-35-14-6-8-21-57(80)77-40-44(39-68)60-47-17-10-9-16-46(47)53(38-52(60)77)92-66(87)74-33-31-73(3)32-34-74/h9-10,16-17,22-27,36-38,42,44,49-50,61,65,86H,5-8,11-15,18-21,28-35,39-41,69H2,1-4H3,(H,70,83)(H,71,84)(H,72,79)/t44-,49+,50?,61?,65?/m1/s1. The number of unbranched alkanes of at least 4 members (excludes halogenated alkanes) is 5. The maximum atomic E-state index is 14.3. The van der Waals surface area contributed by atoms with Crippen LogP contribution < -0.4 is 45.7 Å². The molecule has 2 fully saturated rings. The van der Waals surface area contributed by atoms with E-state index in [1.807, 2.05) is 31.3 Å². The van der Waals surface area contributed by atoms with Gasteiger partial charge in [-0.2, -0.15) is 0 Å². The van der Waals surface area contributed by atoms with Crippen molar-refractivity contribution < 1.29 is 67.2 Å². The highest BCUT2D eigenvalue weighted by Crippen LogP contribution is 2.47. The number of methoxy groups -OCH3 is 1. The van der Waals surface area contributed by atoms with Gasteiger partial charge in [-0.15, -0.1) is 11.6 Å². The summed E-state index contributed by atoms with van der Waals surface area (Å²) in [7, 11) is 3.46. The third-order valence-corrected chi connectivity index (χ3v) is 18.0. The van der Waals surface area contributed by atoms with Gasteiger partial charge < -0.3 is 65.3 Å². The van der Waals surface area contributed by atoms with Gasteiger partial charge >= 0.3 is 12.2 Å². The Morgan fingerprint density at radius 1 is 0.761 bits per heavy atom. The van der Waals surface area contributed by atoms with Crippen LogP contribution in [0, 0.1) is 5.92 Å². The quantitative estimate of drug-likeness (QED) is 0.0214. The summed E-state index contributed by atoms with van der Waals surface area (Å²) >= 11 is 6.56. The van der Waals surface area contributed by atoms with Gasteiger partial charge in [-0.05, 0) is 118 Å². The van der Waals surface area contributed by atoms with Gasteiger partial charge in [-0.3, -0.25) is 38.5 Å². The SMILES string of the molecule is COc1cc2c(cc1OCCCCCC(=O)N1C[C@@H](CCl)c3c1cc(OC(=O)N1CCN(C)CC1)c1ccccc31)N(C(=O)OCc1ccc(NC(=O)[C@H](CCCCN)NC(=O)C(NC(=O)CCCCCN3C(=O)C=CC3=O)C(C)C)cc1)C(O)C1CCCN1C2=O. The molecule has 5 heterocycles. The summed E-state index contributed by atoms with van der Waals surface area (Å²) in [6, 6.07) is 16.4. The van der Waals surface area contributed by atoms with Gasteiger partial charge in [-0.25, -0.2) is 14.5 Å². The number of fused-ring (bicyclic) bond motifs is 5. The summed E-state index contributed by atoms with van der Waals surface area (Å²) in [5.74, 6) is -1.86. The highest BCUT2D eigenvalue weighted by molar-refractivity contribution is 6.19. The molecule has 0 saturated carbocycles. The number of imide groups is 1. The number of rotatable bonds is 28. The van der Waals surface area contributed by atoms with Crippen LogP contribution in [0.25, 0.3) is 10.8 Å². The Labute approximate surface area is 540 Å². The van der Waals surface area contributed by atoms with Crippen molar-refractivity contribution in [1.82, 2.24) is 30.2 Å². The largest absolute Gasteiger partial charge is 0.493 e. The van der Waals surface area contributed by atoms with Crippen molar-refractivity contribution in [2.75, 3.05) is 94.1 Å². The summed E-state index contributed by atoms with van der Waals surface area (Å²) in [4.78, 5) is 130. The first-order valence-electron chi connectivity index (χ1n) is 32.0. The van der Waals surface area contributed by atoms with E-state index in [2.05, 4.69) is 20.9 Å². The number of halogens is 1. The molecule has 0 bridgehead atoms. The molecule has 4 aromatic carbocycles. The second-order valence-corrected chi connectivity index (χ2v) is 24.7. The molecule has 0 radical (unpaired) electrons. The van der Waals surface area contributed by atoms with Gasteiger partial charge in [0.15, 0.2) is 17.7 Å². The van der Waals surface area contributed by atoms with Gasteiger partial charge in [0.2, 0.25) is 23.6 Å². The molecule has 0 aliphatic carbocycles. The molecule has 9 amide bonds. The number of piperazine rings is 1. The number of hydrogen-bond acceptors (Lipinski definition) is 16. The van der Waals surface area contributed by atoms with Crippen molar-refractivity contribution in [1.29, 1.82) is 0 Å². The van der Waals surface area contributed by atoms with Crippen molar-refractivity contribution in [3.8, 4) is 17.2 Å². The fourth-order valence-corrected chi connectivity index (χ4v) is 12.7. The maximum absolute atomic E-state index is 14.3. The number of aliphatic hydroxyl groups is 1. The van der Waals surface area contributed by atoms with Crippen LogP contribution in [-0.2, 0) is 40.1 Å². The molecule has 92 heavy (non-hydrogen) atoms. The van der Waals surface area contributed by atoms with Gasteiger partial charge in [0.1, 0.15) is 24.4 Å². The number of nitrogens with one attached hydrogen (secondary N) is 3. The molecular weight excluding hydrogens is 1200 g/mol. The summed E-state index contributed by atoms with van der Waals surface area (Å²) in [6.07, 6.45) is 5.70. The van der Waals surface area contributed by atoms with E-state index in [0.717, 1.165) is 39.2 Å². The zero-order valence-electron chi connectivity index (χ0n) is 52.8. The van der Waals surface area contributed by atoms with E-state index in [-0.39, 0.29) is 97.2 Å². The zero-order valence-corrected chi connectivity index (χ0v) is 53.6. The van der Waals surface area contributed by atoms with E-state index in [0.29, 0.717) is 125 Å². The van der Waals surface area contributed by atoms with Crippen molar-refractivity contribution in [2.24, 2.45) is 11.7 Å². The van der Waals surface area contributed by atoms with Crippen molar-refractivity contribution >= 4 is 93.0 Å². The second kappa shape index (κ2) is 31.8. The number of carbonyl (C=O) groups is 9. The molecule has 5 aliphatic rings. The van der Waals surface area contributed by atoms with Crippen LogP contribution in [0.3, 0.4) is 0 Å². The van der Waals surface area contributed by atoms with E-state index in [4.69, 9.17) is 36.3 Å². The number of nitrogens with two attached hydrogens (primary N) is 1. The Balaban J connectivity index is 0.791. The lowest BCUT2D eigenvalue weighted by Crippen LogP contribution is -2.54. The fraction of sp³-hybridized carbons (Fsp3) is 0.507. The third kappa shape index (κ3) is 16.3. The predicted octanol–water partition coefficient (Wildman–Crippen LogP) is 7.16. The Morgan fingerprint density at radius 2 is 1.47 bits per heavy atom. The van der Waals surface area contributed by atoms with Crippen LogP contribution in [-0.4, -0.2) is 182 Å². The summed E-state index contributed by atoms with van der Waals surface area (Å²) in [5.41, 5.74) is 8.50. The topological polar surface area (TPSA) is 292 Å². The zero-order chi connectivity index (χ0) is 65.6. The molecule has 494 valence electrons. The van der Waals surface area contributed by atoms with Gasteiger partial charge in [-0.1, -0.05) is 56.7 Å². The molecule has 3 unspecified atom stereocenters. The number of aliphatic hydroxyl groups excluding tert-OH is 1. The molecule has 24 nitrogen and oxygen atoms in total. The lowest BCUT2D eigenvalue weighted by molar-refractivity contribution is -0.137. The van der Waals surface area contributed by atoms with E-state index < -0.39 is 54.3 Å². The van der Waals surface area contributed by atoms with Crippen LogP contribution in [0.1, 0.15) is 125 Å². The minimum absolute atomic E-state index is 0.0700. The Morgan fingerprint density at radius 3 is 2.17 bits per heavy atom. The Bertz CT molecular complexity index is 3380. The number of carbonyl (C=O) groups excluding carboxylic acids is 9. The molecule has 25 heteroatoms. The normalized spacial score (nSPS) is 18.5. The minimum atomic E-state index is -1.48. The first-order chi connectivity index (χ1) is 44.4. The number of likely N-dealkylation sites (N-methyl/N-ethyl adjacent to an activating group) is 1. The number of hydrogen-bond donors (Lipinski definition) is 5. The molecule has 0 spiro atoms. The highest BCUT2D eigenvalue weighted by atomic mass is 35.5. The van der Waals surface area contributed by atoms with Crippen molar-refractivity contribution in [2.45, 2.75) is 134 Å². The number of amides is 9. The van der Waals surface area contributed by atoms with Crippen LogP contribution >= 0.6 is 11.6 Å². The van der Waals surface area contributed by atoms with Crippen LogP contribution in [0.5, 0.6) is 17.2 Å². The number of benzene rings is 4. The second-order valence-electron chi connectivity index (χ2n) is 24.4. The highest BCUT2D eigenvalue weighted by Gasteiger charge is 2.46. The van der Waals surface area contributed by atoms with Gasteiger partial charge in [0.25, 0.3) is 17.7 Å². The number of alkyl halides is 1. The third-order valence-electron chi connectivity index (χ3n) is 17.6. The predicted molar refractivity (Wildman–Crippen MR) is 346 cm³/mol. The van der Waals surface area contributed by atoms with Crippen molar-refractivity contribution in [3.63, 3.8) is 0 Å². The maximum Gasteiger partial charge on any atom is 0.416 e. The number of anilines is 3. The molecule has 0 aromatic heterocycles. The molecule has 4 aromatic rings. The number of ether oxygens (including phenoxy) is 4. The van der Waals surface area contributed by atoms with Crippen molar-refractivity contribution in [3.05, 3.63) is 95.6 Å².